The van der Waals surface area contributed by atoms with Gasteiger partial charge in [-0.3, -0.25) is 4.57 Å². The maximum atomic E-state index is 13.6. The fourth-order valence-corrected chi connectivity index (χ4v) is 2.21. The molecule has 1 saturated heterocycles. The number of alkyl halides is 1. The van der Waals surface area contributed by atoms with E-state index in [4.69, 9.17) is 10.5 Å². The van der Waals surface area contributed by atoms with Crippen LogP contribution < -0.4 is 11.4 Å². The zero-order chi connectivity index (χ0) is 14.2. The van der Waals surface area contributed by atoms with Crippen LogP contribution in [0.4, 0.5) is 10.2 Å². The molecule has 7 nitrogen and oxygen atoms in total. The zero-order valence-electron chi connectivity index (χ0n) is 10.4. The lowest BCUT2D eigenvalue weighted by atomic mass is 9.93. The number of aliphatic hydroxyl groups excluding tert-OH is 2. The van der Waals surface area contributed by atoms with Gasteiger partial charge in [0.25, 0.3) is 0 Å². The molecule has 8 heteroatoms. The van der Waals surface area contributed by atoms with Gasteiger partial charge >= 0.3 is 5.69 Å². The number of anilines is 1. The van der Waals surface area contributed by atoms with E-state index in [1.54, 1.807) is 0 Å². The molecule has 1 aliphatic heterocycles. The van der Waals surface area contributed by atoms with Crippen molar-refractivity contribution >= 4 is 5.82 Å². The lowest BCUT2D eigenvalue weighted by molar-refractivity contribution is -0.161. The summed E-state index contributed by atoms with van der Waals surface area (Å²) in [5, 5.41) is 19.2. The molecule has 0 aliphatic carbocycles. The third-order valence-electron chi connectivity index (χ3n) is 3.43. The number of aromatic nitrogens is 2. The number of nitrogens with two attached hydrogens (primary N) is 1. The van der Waals surface area contributed by atoms with E-state index in [-0.39, 0.29) is 12.2 Å². The number of halogens is 1. The Morgan fingerprint density at radius 1 is 1.79 bits per heavy atom. The highest BCUT2D eigenvalue weighted by Gasteiger charge is 2.52. The summed E-state index contributed by atoms with van der Waals surface area (Å²) < 4.78 is 20.1. The molecule has 0 radical (unpaired) electrons. The molecule has 0 spiro atoms. The van der Waals surface area contributed by atoms with Gasteiger partial charge in [-0.05, 0) is 13.0 Å². The van der Waals surface area contributed by atoms with Gasteiger partial charge in [0.1, 0.15) is 18.2 Å². The first-order valence-corrected chi connectivity index (χ1v) is 5.86. The summed E-state index contributed by atoms with van der Waals surface area (Å²) in [7, 11) is 0. The maximum absolute atomic E-state index is 13.6. The van der Waals surface area contributed by atoms with Crippen molar-refractivity contribution in [3.05, 3.63) is 22.7 Å². The Kier molecular flexibility index (Phi) is 3.57. The van der Waals surface area contributed by atoms with Gasteiger partial charge in [-0.2, -0.15) is 4.98 Å². The highest BCUT2D eigenvalue weighted by molar-refractivity contribution is 5.23. The first-order chi connectivity index (χ1) is 8.90. The molecule has 0 amide bonds. The molecule has 1 aromatic heterocycles. The molecule has 1 fully saturated rings. The van der Waals surface area contributed by atoms with Crippen molar-refractivity contribution in [2.24, 2.45) is 0 Å². The minimum absolute atomic E-state index is 0.0136. The van der Waals surface area contributed by atoms with Crippen LogP contribution in [0.15, 0.2) is 17.1 Å². The highest BCUT2D eigenvalue weighted by Crippen LogP contribution is 2.39. The number of rotatable bonds is 3. The molecule has 4 atom stereocenters. The second-order valence-corrected chi connectivity index (χ2v) is 4.60. The molecule has 19 heavy (non-hydrogen) atoms. The Hall–Kier alpha value is -1.51. The summed E-state index contributed by atoms with van der Waals surface area (Å²) in [4.78, 5) is 15.2. The van der Waals surface area contributed by atoms with Gasteiger partial charge in [-0.1, -0.05) is 0 Å². The number of nitrogen functional groups attached to an aromatic ring is 1. The Labute approximate surface area is 108 Å². The zero-order valence-corrected chi connectivity index (χ0v) is 10.4. The summed E-state index contributed by atoms with van der Waals surface area (Å²) >= 11 is 0. The van der Waals surface area contributed by atoms with Crippen LogP contribution in [-0.2, 0) is 4.74 Å². The van der Waals surface area contributed by atoms with E-state index in [0.29, 0.717) is 0 Å². The third kappa shape index (κ3) is 2.22. The standard InChI is InChI=1S/C11H16FN3O4/c1-6(12)11(5-16)7(17)4-9(19-11)15-3-2-8(13)14-10(15)18/h2-3,6-7,9,16-17H,4-5H2,1H3,(H2,13,14,18)/t6?,7-,9-,11-/m0/s1. The number of nitrogens with zero attached hydrogens (tertiary/aromatic N) is 2. The van der Waals surface area contributed by atoms with Crippen LogP contribution in [-0.4, -0.2) is 44.2 Å². The van der Waals surface area contributed by atoms with E-state index < -0.39 is 36.4 Å². The molecule has 0 bridgehead atoms. The molecule has 4 N–H and O–H groups in total. The average Bonchev–Trinajstić information content (AvgIpc) is 2.67. The predicted octanol–water partition coefficient (Wildman–Crippen LogP) is -0.806. The Balaban J connectivity index is 2.33. The minimum Gasteiger partial charge on any atom is -0.393 e. The molecule has 0 aromatic carbocycles. The third-order valence-corrected chi connectivity index (χ3v) is 3.43. The summed E-state index contributed by atoms with van der Waals surface area (Å²) in [6, 6.07) is 1.40. The molecule has 2 rings (SSSR count). The number of hydrogen-bond donors (Lipinski definition) is 3. The molecule has 106 valence electrons. The smallest absolute Gasteiger partial charge is 0.351 e. The second kappa shape index (κ2) is 4.87. The van der Waals surface area contributed by atoms with E-state index in [9.17, 15) is 19.4 Å². The van der Waals surface area contributed by atoms with Crippen LogP contribution in [0.25, 0.3) is 0 Å². The number of aliphatic hydroxyl groups is 2. The Morgan fingerprint density at radius 2 is 2.47 bits per heavy atom. The van der Waals surface area contributed by atoms with Crippen LogP contribution in [0.3, 0.4) is 0 Å². The topological polar surface area (TPSA) is 111 Å². The van der Waals surface area contributed by atoms with Gasteiger partial charge in [0.15, 0.2) is 5.60 Å². The monoisotopic (exact) mass is 273 g/mol. The van der Waals surface area contributed by atoms with Gasteiger partial charge in [-0.15, -0.1) is 0 Å². The molecule has 1 aromatic rings. The molecule has 1 unspecified atom stereocenters. The van der Waals surface area contributed by atoms with Gasteiger partial charge < -0.3 is 20.7 Å². The van der Waals surface area contributed by atoms with Crippen LogP contribution >= 0.6 is 0 Å². The van der Waals surface area contributed by atoms with Crippen molar-refractivity contribution in [1.29, 1.82) is 0 Å². The molecule has 1 aliphatic rings. The van der Waals surface area contributed by atoms with E-state index in [1.807, 2.05) is 0 Å². The Bertz CT molecular complexity index is 521. The minimum atomic E-state index is -1.72. The van der Waals surface area contributed by atoms with Gasteiger partial charge in [0.05, 0.1) is 12.7 Å². The molecular formula is C11H16FN3O4. The van der Waals surface area contributed by atoms with Crippen LogP contribution in [0.5, 0.6) is 0 Å². The van der Waals surface area contributed by atoms with Crippen molar-refractivity contribution < 1.29 is 19.3 Å². The van der Waals surface area contributed by atoms with Crippen molar-refractivity contribution in [1.82, 2.24) is 9.55 Å². The fraction of sp³-hybridized carbons (Fsp3) is 0.636. The van der Waals surface area contributed by atoms with E-state index in [1.165, 1.54) is 19.2 Å². The summed E-state index contributed by atoms with van der Waals surface area (Å²) in [5.41, 5.74) is 2.99. The summed E-state index contributed by atoms with van der Waals surface area (Å²) in [6.07, 6.45) is -2.35. The SMILES string of the molecule is CC(F)[C@]1(CO)O[C@H](n2ccc(N)nc2=O)C[C@@H]1O. The van der Waals surface area contributed by atoms with Crippen molar-refractivity contribution in [2.75, 3.05) is 12.3 Å². The van der Waals surface area contributed by atoms with E-state index in [0.717, 1.165) is 4.57 Å². The van der Waals surface area contributed by atoms with Gasteiger partial charge in [0, 0.05) is 12.6 Å². The quantitative estimate of drug-likeness (QED) is 0.664. The van der Waals surface area contributed by atoms with Crippen molar-refractivity contribution in [3.63, 3.8) is 0 Å². The van der Waals surface area contributed by atoms with Crippen LogP contribution in [0, 0.1) is 0 Å². The lowest BCUT2D eigenvalue weighted by Gasteiger charge is -2.31. The predicted molar refractivity (Wildman–Crippen MR) is 64.0 cm³/mol. The van der Waals surface area contributed by atoms with E-state index in [2.05, 4.69) is 4.98 Å². The number of hydrogen-bond acceptors (Lipinski definition) is 6. The van der Waals surface area contributed by atoms with Gasteiger partial charge in [0.2, 0.25) is 0 Å². The van der Waals surface area contributed by atoms with Gasteiger partial charge in [-0.25, -0.2) is 9.18 Å². The maximum Gasteiger partial charge on any atom is 0.351 e. The summed E-state index contributed by atoms with van der Waals surface area (Å²) in [5.74, 6) is 0.0621. The first-order valence-electron chi connectivity index (χ1n) is 5.86. The fourth-order valence-electron chi connectivity index (χ4n) is 2.21. The lowest BCUT2D eigenvalue weighted by Crippen LogP contribution is -2.50. The highest BCUT2D eigenvalue weighted by atomic mass is 19.1. The molecule has 2 heterocycles. The number of ether oxygens (including phenoxy) is 1. The first kappa shape index (κ1) is 13.9. The Morgan fingerprint density at radius 3 is 2.95 bits per heavy atom. The van der Waals surface area contributed by atoms with E-state index >= 15 is 0 Å². The normalized spacial score (nSPS) is 32.4. The largest absolute Gasteiger partial charge is 0.393 e. The average molecular weight is 273 g/mol. The van der Waals surface area contributed by atoms with Crippen LogP contribution in [0.2, 0.25) is 0 Å². The molecular weight excluding hydrogens is 257 g/mol. The second-order valence-electron chi connectivity index (χ2n) is 4.60. The van der Waals surface area contributed by atoms with Crippen molar-refractivity contribution in [3.8, 4) is 0 Å². The van der Waals surface area contributed by atoms with Crippen molar-refractivity contribution in [2.45, 2.75) is 37.4 Å². The van der Waals surface area contributed by atoms with Crippen LogP contribution in [0.1, 0.15) is 19.6 Å². The summed E-state index contributed by atoms with van der Waals surface area (Å²) in [6.45, 7) is 0.505. The molecule has 0 saturated carbocycles.